The van der Waals surface area contributed by atoms with E-state index >= 15 is 0 Å². The van der Waals surface area contributed by atoms with E-state index in [0.29, 0.717) is 36.3 Å². The minimum Gasteiger partial charge on any atom is -0.486 e. The number of carbonyl (C=O) groups is 1. The van der Waals surface area contributed by atoms with Crippen LogP contribution >= 0.6 is 11.3 Å². The molecule has 2 heterocycles. The third kappa shape index (κ3) is 3.94. The average Bonchev–Trinajstić information content (AvgIpc) is 3.17. The lowest BCUT2D eigenvalue weighted by Crippen LogP contribution is -2.15. The van der Waals surface area contributed by atoms with Crippen molar-refractivity contribution in [2.45, 2.75) is 6.61 Å². The highest BCUT2D eigenvalue weighted by molar-refractivity contribution is 7.14. The molecule has 1 amide bonds. The maximum absolute atomic E-state index is 12.4. The Morgan fingerprint density at radius 3 is 2.70 bits per heavy atom. The van der Waals surface area contributed by atoms with Crippen molar-refractivity contribution in [3.8, 4) is 22.8 Å². The zero-order valence-corrected chi connectivity index (χ0v) is 15.5. The number of anilines is 1. The first-order valence-corrected chi connectivity index (χ1v) is 9.35. The van der Waals surface area contributed by atoms with Crippen molar-refractivity contribution in [1.82, 2.24) is 4.98 Å². The third-order valence-corrected chi connectivity index (χ3v) is 4.85. The molecular weight excluding hydrogens is 364 g/mol. The van der Waals surface area contributed by atoms with E-state index in [4.69, 9.17) is 14.2 Å². The Balaban J connectivity index is 1.47. The molecule has 1 aliphatic rings. The molecule has 7 heteroatoms. The van der Waals surface area contributed by atoms with Crippen LogP contribution in [0.4, 0.5) is 5.13 Å². The second kappa shape index (κ2) is 7.77. The number of benzene rings is 2. The molecule has 0 aliphatic carbocycles. The van der Waals surface area contributed by atoms with Crippen LogP contribution in [-0.2, 0) is 11.3 Å². The number of nitrogens with one attached hydrogen (secondary N) is 1. The molecule has 1 aromatic heterocycles. The molecule has 0 fully saturated rings. The van der Waals surface area contributed by atoms with E-state index in [0.717, 1.165) is 22.6 Å². The summed E-state index contributed by atoms with van der Waals surface area (Å²) >= 11 is 1.38. The molecule has 0 radical (unpaired) electrons. The summed E-state index contributed by atoms with van der Waals surface area (Å²) in [6.45, 7) is 1.62. The molecule has 0 unspecified atom stereocenters. The highest BCUT2D eigenvalue weighted by Gasteiger charge is 2.15. The lowest BCUT2D eigenvalue weighted by molar-refractivity contribution is 0.102. The molecule has 0 saturated heterocycles. The predicted molar refractivity (Wildman–Crippen MR) is 104 cm³/mol. The summed E-state index contributed by atoms with van der Waals surface area (Å²) in [7, 11) is 1.64. The summed E-state index contributed by atoms with van der Waals surface area (Å²) in [6, 6.07) is 13.0. The zero-order valence-electron chi connectivity index (χ0n) is 14.7. The van der Waals surface area contributed by atoms with Crippen LogP contribution < -0.4 is 14.8 Å². The van der Waals surface area contributed by atoms with Gasteiger partial charge in [0, 0.05) is 23.6 Å². The molecule has 3 aromatic rings. The van der Waals surface area contributed by atoms with E-state index in [1.54, 1.807) is 19.2 Å². The van der Waals surface area contributed by atoms with Crippen LogP contribution in [0.15, 0.2) is 47.8 Å². The molecule has 0 bridgehead atoms. The van der Waals surface area contributed by atoms with Crippen molar-refractivity contribution in [2.24, 2.45) is 0 Å². The van der Waals surface area contributed by atoms with Crippen LogP contribution in [0.5, 0.6) is 11.5 Å². The monoisotopic (exact) mass is 382 g/mol. The normalized spacial score (nSPS) is 12.6. The van der Waals surface area contributed by atoms with Gasteiger partial charge in [0.05, 0.1) is 12.3 Å². The number of ether oxygens (including phenoxy) is 3. The van der Waals surface area contributed by atoms with Gasteiger partial charge in [0.15, 0.2) is 16.6 Å². The molecule has 0 atom stereocenters. The molecule has 1 aliphatic heterocycles. The van der Waals surface area contributed by atoms with E-state index in [-0.39, 0.29) is 5.91 Å². The Kier molecular flexibility index (Phi) is 5.04. The number of nitrogens with zero attached hydrogens (tertiary/aromatic N) is 1. The number of methoxy groups -OCH3 is 1. The maximum atomic E-state index is 12.4. The Bertz CT molecular complexity index is 953. The Morgan fingerprint density at radius 1 is 1.15 bits per heavy atom. The van der Waals surface area contributed by atoms with E-state index in [1.165, 1.54) is 11.3 Å². The van der Waals surface area contributed by atoms with Crippen molar-refractivity contribution in [3.05, 3.63) is 59.0 Å². The molecule has 138 valence electrons. The quantitative estimate of drug-likeness (QED) is 0.723. The SMILES string of the molecule is COCc1ccc(C(=O)Nc2nc(-c3ccc4c(c3)OCCO4)cs2)cc1. The third-order valence-electron chi connectivity index (χ3n) is 4.09. The topological polar surface area (TPSA) is 69.7 Å². The molecular formula is C20H18N2O4S. The molecule has 6 nitrogen and oxygen atoms in total. The fourth-order valence-electron chi connectivity index (χ4n) is 2.75. The number of rotatable bonds is 5. The van der Waals surface area contributed by atoms with Gasteiger partial charge in [-0.1, -0.05) is 12.1 Å². The largest absolute Gasteiger partial charge is 0.486 e. The molecule has 1 N–H and O–H groups in total. The lowest BCUT2D eigenvalue weighted by atomic mass is 10.1. The molecule has 4 rings (SSSR count). The highest BCUT2D eigenvalue weighted by atomic mass is 32.1. The first-order chi connectivity index (χ1) is 13.2. The van der Waals surface area contributed by atoms with Crippen molar-refractivity contribution in [1.29, 1.82) is 0 Å². The van der Waals surface area contributed by atoms with Gasteiger partial charge >= 0.3 is 0 Å². The van der Waals surface area contributed by atoms with E-state index in [2.05, 4.69) is 10.3 Å². The number of carbonyl (C=O) groups excluding carboxylic acids is 1. The van der Waals surface area contributed by atoms with Crippen molar-refractivity contribution in [2.75, 3.05) is 25.6 Å². The van der Waals surface area contributed by atoms with Crippen LogP contribution in [0.3, 0.4) is 0 Å². The van der Waals surface area contributed by atoms with Crippen LogP contribution in [0.25, 0.3) is 11.3 Å². The van der Waals surface area contributed by atoms with Crippen LogP contribution in [0, 0.1) is 0 Å². The molecule has 0 spiro atoms. The first kappa shape index (κ1) is 17.5. The van der Waals surface area contributed by atoms with Gasteiger partial charge in [-0.2, -0.15) is 0 Å². The predicted octanol–water partition coefficient (Wildman–Crippen LogP) is 3.98. The minimum atomic E-state index is -0.193. The summed E-state index contributed by atoms with van der Waals surface area (Å²) in [5.41, 5.74) is 3.29. The summed E-state index contributed by atoms with van der Waals surface area (Å²) in [6.07, 6.45) is 0. The number of hydrogen-bond donors (Lipinski definition) is 1. The average molecular weight is 382 g/mol. The van der Waals surface area contributed by atoms with Gasteiger partial charge < -0.3 is 14.2 Å². The van der Waals surface area contributed by atoms with Crippen molar-refractivity contribution >= 4 is 22.4 Å². The van der Waals surface area contributed by atoms with E-state index in [1.807, 2.05) is 35.7 Å². The Labute approximate surface area is 160 Å². The summed E-state index contributed by atoms with van der Waals surface area (Å²) in [5, 5.41) is 5.30. The maximum Gasteiger partial charge on any atom is 0.257 e. The summed E-state index contributed by atoms with van der Waals surface area (Å²) in [5.74, 6) is 1.27. The van der Waals surface area contributed by atoms with E-state index in [9.17, 15) is 4.79 Å². The van der Waals surface area contributed by atoms with Gasteiger partial charge in [-0.15, -0.1) is 11.3 Å². The van der Waals surface area contributed by atoms with Gasteiger partial charge in [0.1, 0.15) is 13.2 Å². The fourth-order valence-corrected chi connectivity index (χ4v) is 3.47. The van der Waals surface area contributed by atoms with Crippen molar-refractivity contribution < 1.29 is 19.0 Å². The molecule has 27 heavy (non-hydrogen) atoms. The number of amides is 1. The minimum absolute atomic E-state index is 0.193. The second-order valence-corrected chi connectivity index (χ2v) is 6.84. The van der Waals surface area contributed by atoms with Gasteiger partial charge in [0.25, 0.3) is 5.91 Å². The standard InChI is InChI=1S/C20H18N2O4S/c1-24-11-13-2-4-14(5-3-13)19(23)22-20-21-16(12-27-20)15-6-7-17-18(10-15)26-9-8-25-17/h2-7,10,12H,8-9,11H2,1H3,(H,21,22,23). The van der Waals surface area contributed by atoms with Gasteiger partial charge in [0.2, 0.25) is 0 Å². The second-order valence-electron chi connectivity index (χ2n) is 5.98. The number of hydrogen-bond acceptors (Lipinski definition) is 6. The summed E-state index contributed by atoms with van der Waals surface area (Å²) < 4.78 is 16.2. The molecule has 2 aromatic carbocycles. The summed E-state index contributed by atoms with van der Waals surface area (Å²) in [4.78, 5) is 16.9. The van der Waals surface area contributed by atoms with Crippen LogP contribution in [0.1, 0.15) is 15.9 Å². The zero-order chi connectivity index (χ0) is 18.6. The Morgan fingerprint density at radius 2 is 1.93 bits per heavy atom. The smallest absolute Gasteiger partial charge is 0.257 e. The fraction of sp³-hybridized carbons (Fsp3) is 0.200. The Hall–Kier alpha value is -2.90. The van der Waals surface area contributed by atoms with Crippen LogP contribution in [0.2, 0.25) is 0 Å². The highest BCUT2D eigenvalue weighted by Crippen LogP contribution is 2.35. The molecule has 0 saturated carbocycles. The van der Waals surface area contributed by atoms with Crippen LogP contribution in [-0.4, -0.2) is 31.2 Å². The number of fused-ring (bicyclic) bond motifs is 1. The van der Waals surface area contributed by atoms with Crippen molar-refractivity contribution in [3.63, 3.8) is 0 Å². The lowest BCUT2D eigenvalue weighted by Gasteiger charge is -2.18. The number of thiazole rings is 1. The number of aromatic nitrogens is 1. The van der Waals surface area contributed by atoms with Gasteiger partial charge in [-0.3, -0.25) is 10.1 Å². The van der Waals surface area contributed by atoms with Gasteiger partial charge in [-0.05, 0) is 35.9 Å². The first-order valence-electron chi connectivity index (χ1n) is 8.48. The van der Waals surface area contributed by atoms with E-state index < -0.39 is 0 Å². The van der Waals surface area contributed by atoms with Gasteiger partial charge in [-0.25, -0.2) is 4.98 Å².